The highest BCUT2D eigenvalue weighted by Crippen LogP contribution is 2.36. The molecule has 4 heteroatoms. The lowest BCUT2D eigenvalue weighted by molar-refractivity contribution is -0.104. The van der Waals surface area contributed by atoms with Crippen molar-refractivity contribution in [1.82, 2.24) is 4.98 Å². The van der Waals surface area contributed by atoms with Crippen LogP contribution in [0.25, 0.3) is 17.3 Å². The Labute approximate surface area is 148 Å². The average Bonchev–Trinajstić information content (AvgIpc) is 2.58. The number of aliphatic hydroxyl groups is 1. The number of rotatable bonds is 6. The number of carbonyl (C=O) groups is 1. The van der Waals surface area contributed by atoms with Gasteiger partial charge in [0.2, 0.25) is 0 Å². The number of hydrogen-bond donors (Lipinski definition) is 1. The number of aliphatic hydroxyl groups excluding tert-OH is 1. The molecule has 0 aliphatic rings. The van der Waals surface area contributed by atoms with Crippen molar-refractivity contribution >= 4 is 12.4 Å². The van der Waals surface area contributed by atoms with Gasteiger partial charge in [0, 0.05) is 22.4 Å². The van der Waals surface area contributed by atoms with Crippen molar-refractivity contribution in [3.63, 3.8) is 0 Å². The normalized spacial score (nSPS) is 11.7. The van der Waals surface area contributed by atoms with E-state index >= 15 is 0 Å². The average molecular weight is 341 g/mol. The minimum atomic E-state index is -0.311. The van der Waals surface area contributed by atoms with Crippen molar-refractivity contribution < 1.29 is 14.3 Å². The molecule has 0 fully saturated rings. The maximum atomic E-state index is 13.3. The molecule has 1 aromatic carbocycles. The molecule has 0 bridgehead atoms. The Morgan fingerprint density at radius 1 is 1.12 bits per heavy atom. The van der Waals surface area contributed by atoms with Gasteiger partial charge in [0.05, 0.1) is 12.3 Å². The third-order valence-corrected chi connectivity index (χ3v) is 4.15. The molecule has 132 valence electrons. The molecule has 1 aromatic heterocycles. The second-order valence-electron chi connectivity index (χ2n) is 6.62. The molecule has 0 aliphatic carbocycles. The zero-order valence-corrected chi connectivity index (χ0v) is 15.1. The summed E-state index contributed by atoms with van der Waals surface area (Å²) in [4.78, 5) is 15.7. The molecule has 0 unspecified atom stereocenters. The highest BCUT2D eigenvalue weighted by molar-refractivity contribution is 5.81. The molecule has 0 aliphatic heterocycles. The van der Waals surface area contributed by atoms with E-state index in [9.17, 15) is 14.3 Å². The van der Waals surface area contributed by atoms with E-state index in [0.29, 0.717) is 12.0 Å². The zero-order chi connectivity index (χ0) is 18.6. The van der Waals surface area contributed by atoms with Crippen molar-refractivity contribution in [2.45, 2.75) is 46.1 Å². The number of aromatic nitrogens is 1. The summed E-state index contributed by atoms with van der Waals surface area (Å²) >= 11 is 0. The first-order chi connectivity index (χ1) is 11.9. The highest BCUT2D eigenvalue weighted by Gasteiger charge is 2.22. The first-order valence-corrected chi connectivity index (χ1v) is 8.46. The Morgan fingerprint density at radius 3 is 2.24 bits per heavy atom. The van der Waals surface area contributed by atoms with Gasteiger partial charge in [0.15, 0.2) is 0 Å². The quantitative estimate of drug-likeness (QED) is 0.604. The molecule has 0 radical (unpaired) electrons. The molecular formula is C21H24FNO2. The zero-order valence-electron chi connectivity index (χ0n) is 15.1. The van der Waals surface area contributed by atoms with Crippen molar-refractivity contribution in [1.29, 1.82) is 0 Å². The maximum Gasteiger partial charge on any atom is 0.142 e. The van der Waals surface area contributed by atoms with E-state index in [1.54, 1.807) is 18.2 Å². The number of pyridine rings is 1. The van der Waals surface area contributed by atoms with E-state index < -0.39 is 0 Å². The second kappa shape index (κ2) is 8.17. The number of benzene rings is 1. The van der Waals surface area contributed by atoms with E-state index in [-0.39, 0.29) is 24.3 Å². The summed E-state index contributed by atoms with van der Waals surface area (Å²) in [5, 5.41) is 9.96. The van der Waals surface area contributed by atoms with E-state index in [1.807, 2.05) is 27.7 Å². The van der Waals surface area contributed by atoms with Crippen molar-refractivity contribution in [2.24, 2.45) is 0 Å². The van der Waals surface area contributed by atoms with E-state index in [2.05, 4.69) is 0 Å². The van der Waals surface area contributed by atoms with Crippen LogP contribution in [0.1, 0.15) is 61.9 Å². The Balaban J connectivity index is 2.90. The van der Waals surface area contributed by atoms with Gasteiger partial charge in [0.25, 0.3) is 0 Å². The van der Waals surface area contributed by atoms with Crippen LogP contribution >= 0.6 is 0 Å². The van der Waals surface area contributed by atoms with Gasteiger partial charge in [0.1, 0.15) is 12.1 Å². The fourth-order valence-electron chi connectivity index (χ4n) is 3.11. The van der Waals surface area contributed by atoms with Gasteiger partial charge in [-0.15, -0.1) is 0 Å². The summed E-state index contributed by atoms with van der Waals surface area (Å²) in [5.74, 6) is -0.0509. The van der Waals surface area contributed by atoms with Crippen molar-refractivity contribution in [2.75, 3.05) is 0 Å². The summed E-state index contributed by atoms with van der Waals surface area (Å²) in [5.41, 5.74) is 4.87. The second-order valence-corrected chi connectivity index (χ2v) is 6.62. The van der Waals surface area contributed by atoms with Gasteiger partial charge in [-0.1, -0.05) is 27.7 Å². The van der Waals surface area contributed by atoms with Crippen molar-refractivity contribution in [3.8, 4) is 11.3 Å². The lowest BCUT2D eigenvalue weighted by Crippen LogP contribution is -2.11. The van der Waals surface area contributed by atoms with Gasteiger partial charge >= 0.3 is 0 Å². The smallest absolute Gasteiger partial charge is 0.142 e. The van der Waals surface area contributed by atoms with Gasteiger partial charge in [-0.2, -0.15) is 0 Å². The molecule has 25 heavy (non-hydrogen) atoms. The predicted octanol–water partition coefficient (Wildman–Crippen LogP) is 4.84. The largest absolute Gasteiger partial charge is 0.392 e. The van der Waals surface area contributed by atoms with Crippen LogP contribution in [0.4, 0.5) is 4.39 Å². The Bertz CT molecular complexity index is 777. The lowest BCUT2D eigenvalue weighted by Gasteiger charge is -2.23. The van der Waals surface area contributed by atoms with Crippen LogP contribution < -0.4 is 0 Å². The molecular weight excluding hydrogens is 317 g/mol. The summed E-state index contributed by atoms with van der Waals surface area (Å²) < 4.78 is 13.3. The van der Waals surface area contributed by atoms with E-state index in [1.165, 1.54) is 18.2 Å². The Kier molecular flexibility index (Phi) is 6.21. The molecule has 3 nitrogen and oxygen atoms in total. The Morgan fingerprint density at radius 2 is 1.76 bits per heavy atom. The molecule has 0 saturated carbocycles. The first kappa shape index (κ1) is 19.0. The summed E-state index contributed by atoms with van der Waals surface area (Å²) in [6, 6.07) is 6.16. The van der Waals surface area contributed by atoms with Crippen LogP contribution in [-0.4, -0.2) is 16.4 Å². The molecule has 0 spiro atoms. The molecule has 1 N–H and O–H groups in total. The van der Waals surface area contributed by atoms with Crippen LogP contribution in [0.15, 0.2) is 30.3 Å². The monoisotopic (exact) mass is 341 g/mol. The molecule has 0 amide bonds. The highest BCUT2D eigenvalue weighted by atomic mass is 19.1. The van der Waals surface area contributed by atoms with Crippen LogP contribution in [0.2, 0.25) is 0 Å². The van der Waals surface area contributed by atoms with Crippen LogP contribution in [0.5, 0.6) is 0 Å². The van der Waals surface area contributed by atoms with Crippen LogP contribution in [0.3, 0.4) is 0 Å². The summed E-state index contributed by atoms with van der Waals surface area (Å²) in [7, 11) is 0. The van der Waals surface area contributed by atoms with E-state index in [0.717, 1.165) is 27.9 Å². The molecule has 2 rings (SSSR count). The fraction of sp³-hybridized carbons (Fsp3) is 0.333. The number of aldehydes is 1. The molecule has 1 heterocycles. The predicted molar refractivity (Wildman–Crippen MR) is 98.8 cm³/mol. The summed E-state index contributed by atoms with van der Waals surface area (Å²) in [6.07, 6.45) is 3.86. The van der Waals surface area contributed by atoms with Gasteiger partial charge in [-0.3, -0.25) is 9.78 Å². The Hall–Kier alpha value is -2.33. The fourth-order valence-corrected chi connectivity index (χ4v) is 3.11. The number of halogens is 1. The lowest BCUT2D eigenvalue weighted by atomic mass is 9.86. The van der Waals surface area contributed by atoms with Gasteiger partial charge < -0.3 is 5.11 Å². The van der Waals surface area contributed by atoms with Crippen LogP contribution in [0, 0.1) is 5.82 Å². The summed E-state index contributed by atoms with van der Waals surface area (Å²) in [6.45, 7) is 8.04. The number of carbonyl (C=O) groups excluding carboxylic acids is 1. The third kappa shape index (κ3) is 4.02. The first-order valence-electron chi connectivity index (χ1n) is 8.46. The van der Waals surface area contributed by atoms with Gasteiger partial charge in [-0.05, 0) is 53.8 Å². The topological polar surface area (TPSA) is 50.2 Å². The molecule has 0 atom stereocenters. The minimum Gasteiger partial charge on any atom is -0.392 e. The molecule has 0 saturated heterocycles. The van der Waals surface area contributed by atoms with E-state index in [4.69, 9.17) is 4.98 Å². The molecule has 2 aromatic rings. The van der Waals surface area contributed by atoms with Gasteiger partial charge in [-0.25, -0.2) is 4.39 Å². The SMILES string of the molecule is CC(C)c1nc(-c2ccc(F)cc2)c(C=CC=O)c(C(C)C)c1CO. The number of nitrogens with zero attached hydrogens (tertiary/aromatic N) is 1. The maximum absolute atomic E-state index is 13.3. The number of hydrogen-bond acceptors (Lipinski definition) is 3. The third-order valence-electron chi connectivity index (χ3n) is 4.15. The standard InChI is InChI=1S/C21H24FNO2/c1-13(2)19-17(6-5-11-24)21(15-7-9-16(22)10-8-15)23-20(14(3)4)18(19)12-25/h5-11,13-14,25H,12H2,1-4H3. The minimum absolute atomic E-state index is 0.111. The number of allylic oxidation sites excluding steroid dienone is 1. The van der Waals surface area contributed by atoms with Crippen molar-refractivity contribution in [3.05, 3.63) is 58.5 Å². The van der Waals surface area contributed by atoms with Crippen LogP contribution in [-0.2, 0) is 11.4 Å².